The van der Waals surface area contributed by atoms with Crippen LogP contribution in [0.1, 0.15) is 33.2 Å². The number of nitrogens with zero attached hydrogens (tertiary/aromatic N) is 4. The second-order valence-electron chi connectivity index (χ2n) is 9.49. The molecule has 34 heavy (non-hydrogen) atoms. The van der Waals surface area contributed by atoms with Gasteiger partial charge in [-0.05, 0) is 69.7 Å². The topological polar surface area (TPSA) is 69.5 Å². The molecule has 0 spiro atoms. The molecule has 0 aliphatic carbocycles. The quantitative estimate of drug-likeness (QED) is 0.373. The maximum atomic E-state index is 12.5. The molecule has 0 radical (unpaired) electrons. The van der Waals surface area contributed by atoms with Gasteiger partial charge in [-0.2, -0.15) is 5.10 Å². The maximum Gasteiger partial charge on any atom is 0.410 e. The van der Waals surface area contributed by atoms with Crippen LogP contribution in [0.25, 0.3) is 22.2 Å². The van der Waals surface area contributed by atoms with E-state index in [0.717, 1.165) is 40.1 Å². The van der Waals surface area contributed by atoms with E-state index in [1.54, 1.807) is 11.1 Å². The van der Waals surface area contributed by atoms with Crippen LogP contribution in [-0.2, 0) is 4.74 Å². The van der Waals surface area contributed by atoms with Crippen molar-refractivity contribution in [3.05, 3.63) is 73.1 Å². The Labute approximate surface area is 198 Å². The molecule has 1 saturated heterocycles. The molecule has 0 N–H and O–H groups in total. The van der Waals surface area contributed by atoms with Gasteiger partial charge in [-0.15, -0.1) is 0 Å². The van der Waals surface area contributed by atoms with Gasteiger partial charge in [0.15, 0.2) is 0 Å². The number of likely N-dealkylation sites (tertiary alicyclic amines) is 1. The third kappa shape index (κ3) is 4.59. The molecular weight excluding hydrogens is 428 g/mol. The molecule has 7 nitrogen and oxygen atoms in total. The van der Waals surface area contributed by atoms with Gasteiger partial charge in [0.2, 0.25) is 0 Å². The van der Waals surface area contributed by atoms with Crippen molar-refractivity contribution in [3.63, 3.8) is 0 Å². The summed E-state index contributed by atoms with van der Waals surface area (Å²) in [5, 5.41) is 5.96. The molecule has 1 amide bonds. The molecule has 174 valence electrons. The van der Waals surface area contributed by atoms with Crippen molar-refractivity contribution in [3.8, 4) is 22.8 Å². The number of amides is 1. The Morgan fingerprint density at radius 3 is 2.47 bits per heavy atom. The van der Waals surface area contributed by atoms with Crippen LogP contribution in [0.3, 0.4) is 0 Å². The van der Waals surface area contributed by atoms with Crippen LogP contribution in [-0.4, -0.2) is 44.4 Å². The number of para-hydroxylation sites is 1. The van der Waals surface area contributed by atoms with E-state index in [-0.39, 0.29) is 12.1 Å². The lowest BCUT2D eigenvalue weighted by atomic mass is 10.1. The maximum absolute atomic E-state index is 12.5. The zero-order valence-electron chi connectivity index (χ0n) is 19.6. The normalized spacial score (nSPS) is 16.1. The number of rotatable bonds is 4. The second-order valence-corrected chi connectivity index (χ2v) is 9.49. The highest BCUT2D eigenvalue weighted by atomic mass is 16.6. The fourth-order valence-corrected chi connectivity index (χ4v) is 4.22. The molecule has 0 unspecified atom stereocenters. The second kappa shape index (κ2) is 8.82. The van der Waals surface area contributed by atoms with Crippen LogP contribution >= 0.6 is 0 Å². The summed E-state index contributed by atoms with van der Waals surface area (Å²) in [5.74, 6) is 1.56. The van der Waals surface area contributed by atoms with Crippen molar-refractivity contribution in [2.24, 2.45) is 0 Å². The van der Waals surface area contributed by atoms with Crippen LogP contribution in [0.2, 0.25) is 0 Å². The third-order valence-electron chi connectivity index (χ3n) is 5.78. The molecule has 5 rings (SSSR count). The fraction of sp³-hybridized carbons (Fsp3) is 0.296. The van der Waals surface area contributed by atoms with E-state index < -0.39 is 5.60 Å². The number of fused-ring (bicyclic) bond motifs is 1. The van der Waals surface area contributed by atoms with Crippen molar-refractivity contribution in [1.82, 2.24) is 19.7 Å². The van der Waals surface area contributed by atoms with Crippen LogP contribution in [0.5, 0.6) is 11.5 Å². The van der Waals surface area contributed by atoms with Crippen molar-refractivity contribution in [2.75, 3.05) is 13.1 Å². The smallest absolute Gasteiger partial charge is 0.410 e. The van der Waals surface area contributed by atoms with Crippen LogP contribution in [0.15, 0.2) is 73.1 Å². The van der Waals surface area contributed by atoms with E-state index in [1.165, 1.54) is 0 Å². The monoisotopic (exact) mass is 456 g/mol. The zero-order valence-corrected chi connectivity index (χ0v) is 19.6. The summed E-state index contributed by atoms with van der Waals surface area (Å²) >= 11 is 0. The number of hydrogen-bond acceptors (Lipinski definition) is 5. The first kappa shape index (κ1) is 21.9. The summed E-state index contributed by atoms with van der Waals surface area (Å²) < 4.78 is 13.5. The van der Waals surface area contributed by atoms with Crippen molar-refractivity contribution < 1.29 is 14.3 Å². The molecule has 0 saturated carbocycles. The minimum atomic E-state index is -0.511. The number of carbonyl (C=O) groups excluding carboxylic acids is 1. The SMILES string of the molecule is CC(C)(C)OC(=O)N1CC[C@@H](n2nc(-c3ccc(Oc4ccccc4)cc3)c3cnccc32)C1. The average Bonchev–Trinajstić information content (AvgIpc) is 3.45. The molecule has 1 fully saturated rings. The zero-order chi connectivity index (χ0) is 23.7. The minimum absolute atomic E-state index is 0.0758. The molecule has 7 heteroatoms. The van der Waals surface area contributed by atoms with Gasteiger partial charge in [-0.3, -0.25) is 9.67 Å². The summed E-state index contributed by atoms with van der Waals surface area (Å²) in [6, 6.07) is 19.7. The molecule has 1 atom stereocenters. The molecule has 3 heterocycles. The lowest BCUT2D eigenvalue weighted by molar-refractivity contribution is 0.0288. The highest BCUT2D eigenvalue weighted by Crippen LogP contribution is 2.33. The number of carbonyl (C=O) groups is 1. The number of aromatic nitrogens is 3. The summed E-state index contributed by atoms with van der Waals surface area (Å²) in [4.78, 5) is 18.6. The Bertz CT molecular complexity index is 1290. The van der Waals surface area contributed by atoms with Crippen molar-refractivity contribution in [1.29, 1.82) is 0 Å². The van der Waals surface area contributed by atoms with Crippen LogP contribution in [0, 0.1) is 0 Å². The predicted octanol–water partition coefficient (Wildman–Crippen LogP) is 6.07. The largest absolute Gasteiger partial charge is 0.457 e. The minimum Gasteiger partial charge on any atom is -0.457 e. The number of ether oxygens (including phenoxy) is 2. The Balaban J connectivity index is 1.40. The van der Waals surface area contributed by atoms with Gasteiger partial charge in [0.25, 0.3) is 0 Å². The predicted molar refractivity (Wildman–Crippen MR) is 131 cm³/mol. The highest BCUT2D eigenvalue weighted by molar-refractivity contribution is 5.92. The van der Waals surface area contributed by atoms with Gasteiger partial charge < -0.3 is 14.4 Å². The van der Waals surface area contributed by atoms with Gasteiger partial charge >= 0.3 is 6.09 Å². The lowest BCUT2D eigenvalue weighted by Crippen LogP contribution is -2.35. The molecule has 1 aliphatic heterocycles. The van der Waals surface area contributed by atoms with Gasteiger partial charge in [0, 0.05) is 36.4 Å². The molecule has 0 bridgehead atoms. The fourth-order valence-electron chi connectivity index (χ4n) is 4.22. The molecule has 4 aromatic rings. The number of pyridine rings is 1. The van der Waals surface area contributed by atoms with Gasteiger partial charge in [-0.1, -0.05) is 18.2 Å². The average molecular weight is 457 g/mol. The van der Waals surface area contributed by atoms with Crippen molar-refractivity contribution in [2.45, 2.75) is 38.8 Å². The summed E-state index contributed by atoms with van der Waals surface area (Å²) in [6.45, 7) is 6.86. The van der Waals surface area contributed by atoms with Crippen LogP contribution < -0.4 is 4.74 Å². The highest BCUT2D eigenvalue weighted by Gasteiger charge is 2.32. The van der Waals surface area contributed by atoms with Crippen molar-refractivity contribution >= 4 is 17.0 Å². The van der Waals surface area contributed by atoms with E-state index in [9.17, 15) is 4.79 Å². The Morgan fingerprint density at radius 1 is 1.00 bits per heavy atom. The Hall–Kier alpha value is -3.87. The number of benzene rings is 2. The molecule has 1 aliphatic rings. The van der Waals surface area contributed by atoms with Gasteiger partial charge in [-0.25, -0.2) is 4.79 Å². The first-order chi connectivity index (χ1) is 16.4. The van der Waals surface area contributed by atoms with E-state index in [4.69, 9.17) is 14.6 Å². The van der Waals surface area contributed by atoms with E-state index in [0.29, 0.717) is 13.1 Å². The Kier molecular flexibility index (Phi) is 5.69. The summed E-state index contributed by atoms with van der Waals surface area (Å²) in [6.07, 6.45) is 4.18. The standard InChI is InChI=1S/C27H28N4O3/c1-27(2,3)34-26(32)30-16-14-20(18-30)31-24-13-15-28-17-23(24)25(29-31)19-9-11-22(12-10-19)33-21-7-5-4-6-8-21/h4-13,15,17,20H,14,16,18H2,1-3H3/t20-/m1/s1. The van der Waals surface area contributed by atoms with Gasteiger partial charge in [0.05, 0.1) is 11.6 Å². The lowest BCUT2D eigenvalue weighted by Gasteiger charge is -2.24. The van der Waals surface area contributed by atoms with Crippen LogP contribution in [0.4, 0.5) is 4.79 Å². The first-order valence-electron chi connectivity index (χ1n) is 11.5. The Morgan fingerprint density at radius 2 is 1.74 bits per heavy atom. The molecular formula is C27H28N4O3. The first-order valence-corrected chi connectivity index (χ1v) is 11.5. The third-order valence-corrected chi connectivity index (χ3v) is 5.78. The van der Waals surface area contributed by atoms with E-state index >= 15 is 0 Å². The molecule has 2 aromatic carbocycles. The number of hydrogen-bond donors (Lipinski definition) is 0. The summed E-state index contributed by atoms with van der Waals surface area (Å²) in [5.41, 5.74) is 2.35. The molecule has 2 aromatic heterocycles. The van der Waals surface area contributed by atoms with Gasteiger partial charge in [0.1, 0.15) is 22.8 Å². The van der Waals surface area contributed by atoms with E-state index in [1.807, 2.05) is 92.3 Å². The summed E-state index contributed by atoms with van der Waals surface area (Å²) in [7, 11) is 0. The van der Waals surface area contributed by atoms with E-state index in [2.05, 4.69) is 4.98 Å².